The van der Waals surface area contributed by atoms with Gasteiger partial charge in [0.1, 0.15) is 18.1 Å². The summed E-state index contributed by atoms with van der Waals surface area (Å²) in [4.78, 5) is 11.5. The van der Waals surface area contributed by atoms with E-state index in [1.54, 1.807) is 14.2 Å². The molecule has 49 heavy (non-hydrogen) atoms. The highest BCUT2D eigenvalue weighted by Gasteiger charge is 2.39. The van der Waals surface area contributed by atoms with E-state index in [0.29, 0.717) is 6.61 Å². The minimum Gasteiger partial charge on any atom is -0.497 e. The van der Waals surface area contributed by atoms with Crippen LogP contribution in [0.25, 0.3) is 0 Å². The van der Waals surface area contributed by atoms with Gasteiger partial charge in [-0.25, -0.2) is 0 Å². The third-order valence-electron chi connectivity index (χ3n) is 10.6. The summed E-state index contributed by atoms with van der Waals surface area (Å²) in [5.74, 6) is 1.69. The third kappa shape index (κ3) is 12.3. The van der Waals surface area contributed by atoms with Gasteiger partial charge in [0.05, 0.1) is 46.4 Å². The maximum absolute atomic E-state index is 6.39. The van der Waals surface area contributed by atoms with Crippen LogP contribution < -0.4 is 9.47 Å². The Morgan fingerprint density at radius 2 is 1.00 bits per heavy atom. The fourth-order valence-corrected chi connectivity index (χ4v) is 7.49. The second-order valence-corrected chi connectivity index (χ2v) is 13.8. The number of oxime groups is 1. The zero-order valence-corrected chi connectivity index (χ0v) is 31.2. The number of hydrogen-bond acceptors (Lipinski definition) is 8. The molecule has 0 spiro atoms. The van der Waals surface area contributed by atoms with E-state index >= 15 is 0 Å². The molecule has 2 aliphatic rings. The highest BCUT2D eigenvalue weighted by Crippen LogP contribution is 2.38. The number of nitrogens with zero attached hydrogens (tertiary/aromatic N) is 3. The average Bonchev–Trinajstić information content (AvgIpc) is 3.16. The van der Waals surface area contributed by atoms with Gasteiger partial charge in [-0.1, -0.05) is 87.7 Å². The molecule has 4 rings (SSSR count). The van der Waals surface area contributed by atoms with Gasteiger partial charge in [0.2, 0.25) is 0 Å². The average molecular weight is 680 g/mol. The second-order valence-electron chi connectivity index (χ2n) is 13.8. The second kappa shape index (κ2) is 22.2. The molecule has 0 bridgehead atoms. The van der Waals surface area contributed by atoms with Gasteiger partial charge in [-0.2, -0.15) is 0 Å². The predicted octanol–water partition coefficient (Wildman–Crippen LogP) is 8.31. The van der Waals surface area contributed by atoms with Gasteiger partial charge in [0.25, 0.3) is 0 Å². The summed E-state index contributed by atoms with van der Waals surface area (Å²) in [6.45, 7) is 14.2. The SMILES string of the molecule is CCCCCCCCCCCCON=C(C(c1ccc(OC)cc1)C(C)N1CCOCC1)C(c1ccc(OC)cc1)C(C)N1CCOCC1. The Hall–Kier alpha value is -2.65. The Morgan fingerprint density at radius 1 is 0.612 bits per heavy atom. The first kappa shape index (κ1) is 39.1. The minimum atomic E-state index is -0.00712. The molecule has 2 heterocycles. The van der Waals surface area contributed by atoms with Crippen molar-refractivity contribution >= 4 is 5.71 Å². The summed E-state index contributed by atoms with van der Waals surface area (Å²) < 4.78 is 22.7. The van der Waals surface area contributed by atoms with E-state index in [-0.39, 0.29) is 23.9 Å². The molecular weight excluding hydrogens is 614 g/mol. The van der Waals surface area contributed by atoms with E-state index < -0.39 is 0 Å². The molecular formula is C41H65N3O5. The molecule has 8 nitrogen and oxygen atoms in total. The van der Waals surface area contributed by atoms with Crippen molar-refractivity contribution in [3.05, 3.63) is 59.7 Å². The van der Waals surface area contributed by atoms with Crippen LogP contribution in [0.1, 0.15) is 108 Å². The maximum Gasteiger partial charge on any atom is 0.118 e. The smallest absolute Gasteiger partial charge is 0.118 e. The molecule has 0 aliphatic carbocycles. The predicted molar refractivity (Wildman–Crippen MR) is 200 cm³/mol. The van der Waals surface area contributed by atoms with E-state index in [1.807, 2.05) is 0 Å². The standard InChI is InChI=1S/C41H65N3O5/c1-6-7-8-9-10-11-12-13-14-15-28-49-42-41(39(33(2)43-24-29-47-30-25-43)35-16-20-37(45-4)21-17-35)40(34(3)44-26-31-48-32-27-44)36-18-22-38(46-5)23-19-36/h16-23,33-34,39-40H,6-15,24-32H2,1-5H3. The number of benzene rings is 2. The van der Waals surface area contributed by atoms with E-state index in [9.17, 15) is 0 Å². The third-order valence-corrected chi connectivity index (χ3v) is 10.6. The van der Waals surface area contributed by atoms with Crippen molar-refractivity contribution in [1.82, 2.24) is 9.80 Å². The molecule has 0 amide bonds. The van der Waals surface area contributed by atoms with Crippen molar-refractivity contribution in [1.29, 1.82) is 0 Å². The first-order valence-corrected chi connectivity index (χ1v) is 19.2. The summed E-state index contributed by atoms with van der Waals surface area (Å²) in [6, 6.07) is 17.5. The fourth-order valence-electron chi connectivity index (χ4n) is 7.49. The summed E-state index contributed by atoms with van der Waals surface area (Å²) in [7, 11) is 3.45. The zero-order chi connectivity index (χ0) is 34.7. The lowest BCUT2D eigenvalue weighted by molar-refractivity contribution is 0.0147. The van der Waals surface area contributed by atoms with Crippen LogP contribution in [0, 0.1) is 0 Å². The molecule has 0 saturated carbocycles. The number of morpholine rings is 2. The van der Waals surface area contributed by atoms with Crippen LogP contribution >= 0.6 is 0 Å². The van der Waals surface area contributed by atoms with Crippen molar-refractivity contribution < 1.29 is 23.8 Å². The molecule has 2 aromatic carbocycles. The van der Waals surface area contributed by atoms with Gasteiger partial charge in [0.15, 0.2) is 0 Å². The van der Waals surface area contributed by atoms with Crippen LogP contribution in [0.15, 0.2) is 53.7 Å². The highest BCUT2D eigenvalue weighted by atomic mass is 16.6. The number of methoxy groups -OCH3 is 2. The van der Waals surface area contributed by atoms with Crippen LogP contribution in [0.2, 0.25) is 0 Å². The van der Waals surface area contributed by atoms with E-state index in [2.05, 4.69) is 79.1 Å². The lowest BCUT2D eigenvalue weighted by atomic mass is 9.75. The Morgan fingerprint density at radius 3 is 1.39 bits per heavy atom. The molecule has 0 aromatic heterocycles. The van der Waals surface area contributed by atoms with Gasteiger partial charge >= 0.3 is 0 Å². The van der Waals surface area contributed by atoms with Gasteiger partial charge in [0, 0.05) is 50.1 Å². The molecule has 4 atom stereocenters. The number of hydrogen-bond donors (Lipinski definition) is 0. The van der Waals surface area contributed by atoms with Gasteiger partial charge in [-0.3, -0.25) is 9.80 Å². The molecule has 274 valence electrons. The van der Waals surface area contributed by atoms with E-state index in [1.165, 1.54) is 68.9 Å². The highest BCUT2D eigenvalue weighted by molar-refractivity contribution is 5.97. The Kier molecular flexibility index (Phi) is 17.8. The zero-order valence-electron chi connectivity index (χ0n) is 31.2. The van der Waals surface area contributed by atoms with E-state index in [0.717, 1.165) is 76.2 Å². The van der Waals surface area contributed by atoms with Crippen LogP contribution in [0.5, 0.6) is 11.5 Å². The number of unbranched alkanes of at least 4 members (excludes halogenated alkanes) is 9. The summed E-state index contributed by atoms with van der Waals surface area (Å²) >= 11 is 0. The van der Waals surface area contributed by atoms with Crippen LogP contribution in [0.4, 0.5) is 0 Å². The molecule has 2 saturated heterocycles. The fraction of sp³-hybridized carbons (Fsp3) is 0.683. The number of rotatable bonds is 22. The van der Waals surface area contributed by atoms with Crippen LogP contribution in [-0.2, 0) is 14.3 Å². The topological polar surface area (TPSA) is 65.0 Å². The Labute approximate surface area is 297 Å². The van der Waals surface area contributed by atoms with E-state index in [4.69, 9.17) is 28.9 Å². The van der Waals surface area contributed by atoms with Crippen LogP contribution in [-0.4, -0.2) is 101 Å². The minimum absolute atomic E-state index is 0.00712. The molecule has 0 radical (unpaired) electrons. The Bertz CT molecular complexity index is 1100. The van der Waals surface area contributed by atoms with Gasteiger partial charge in [-0.15, -0.1) is 0 Å². The summed E-state index contributed by atoms with van der Waals surface area (Å²) in [6.07, 6.45) is 12.9. The van der Waals surface area contributed by atoms with Gasteiger partial charge < -0.3 is 23.8 Å². The molecule has 8 heteroatoms. The number of ether oxygens (including phenoxy) is 4. The van der Waals surface area contributed by atoms with Crippen molar-refractivity contribution in [3.8, 4) is 11.5 Å². The lowest BCUT2D eigenvalue weighted by Crippen LogP contribution is -2.50. The molecule has 2 aliphatic heterocycles. The first-order valence-electron chi connectivity index (χ1n) is 19.2. The van der Waals surface area contributed by atoms with Crippen LogP contribution in [0.3, 0.4) is 0 Å². The molecule has 2 aromatic rings. The molecule has 4 unspecified atom stereocenters. The summed E-state index contributed by atoms with van der Waals surface area (Å²) in [5, 5.41) is 5.21. The quantitative estimate of drug-likeness (QED) is 0.0705. The van der Waals surface area contributed by atoms with Gasteiger partial charge in [-0.05, 0) is 62.1 Å². The molecule has 0 N–H and O–H groups in total. The normalized spacial score (nSPS) is 18.3. The van der Waals surface area contributed by atoms with Crippen molar-refractivity contribution in [3.63, 3.8) is 0 Å². The monoisotopic (exact) mass is 679 g/mol. The Balaban J connectivity index is 1.64. The van der Waals surface area contributed by atoms with Crippen molar-refractivity contribution in [2.75, 3.05) is 73.4 Å². The molecule has 2 fully saturated rings. The van der Waals surface area contributed by atoms with Crippen molar-refractivity contribution in [2.45, 2.75) is 109 Å². The summed E-state index contributed by atoms with van der Waals surface area (Å²) in [5.41, 5.74) is 3.50. The lowest BCUT2D eigenvalue weighted by Gasteiger charge is -2.42. The first-order chi connectivity index (χ1) is 24.1. The maximum atomic E-state index is 6.39. The largest absolute Gasteiger partial charge is 0.497 e. The van der Waals surface area contributed by atoms with Crippen molar-refractivity contribution in [2.24, 2.45) is 5.16 Å².